The number of benzene rings is 1. The van der Waals surface area contributed by atoms with Crippen molar-refractivity contribution in [3.05, 3.63) is 46.0 Å². The van der Waals surface area contributed by atoms with E-state index >= 15 is 0 Å². The summed E-state index contributed by atoms with van der Waals surface area (Å²) in [6, 6.07) is 6.14. The molecule has 7 nitrogen and oxygen atoms in total. The Bertz CT molecular complexity index is 607. The van der Waals surface area contributed by atoms with E-state index in [1.54, 1.807) is 23.1 Å². The van der Waals surface area contributed by atoms with Gasteiger partial charge in [0, 0.05) is 25.2 Å². The van der Waals surface area contributed by atoms with Crippen molar-refractivity contribution in [1.82, 2.24) is 10.2 Å². The van der Waals surface area contributed by atoms with Crippen LogP contribution in [0.5, 0.6) is 0 Å². The van der Waals surface area contributed by atoms with Crippen LogP contribution in [0.15, 0.2) is 30.3 Å². The number of carbonyl (C=O) groups excluding carboxylic acids is 2. The minimum Gasteiger partial charge on any atom is -0.343 e. The minimum absolute atomic E-state index is 0.0555. The van der Waals surface area contributed by atoms with Gasteiger partial charge in [0.15, 0.2) is 0 Å². The summed E-state index contributed by atoms with van der Waals surface area (Å²) < 4.78 is 0. The zero-order valence-corrected chi connectivity index (χ0v) is 12.0. The summed E-state index contributed by atoms with van der Waals surface area (Å²) in [5, 5.41) is 13.3. The number of carbonyl (C=O) groups is 2. The van der Waals surface area contributed by atoms with E-state index in [-0.39, 0.29) is 18.1 Å². The van der Waals surface area contributed by atoms with Gasteiger partial charge in [-0.05, 0) is 25.0 Å². The van der Waals surface area contributed by atoms with Crippen LogP contribution in [0.25, 0.3) is 6.08 Å². The van der Waals surface area contributed by atoms with Crippen LogP contribution in [0.4, 0.5) is 5.69 Å². The molecule has 1 N–H and O–H groups in total. The highest BCUT2D eigenvalue weighted by atomic mass is 16.6. The molecule has 1 aliphatic rings. The van der Waals surface area contributed by atoms with Crippen molar-refractivity contribution in [3.63, 3.8) is 0 Å². The molecule has 1 fully saturated rings. The fourth-order valence-electron chi connectivity index (χ4n) is 2.26. The Morgan fingerprint density at radius 1 is 1.27 bits per heavy atom. The monoisotopic (exact) mass is 303 g/mol. The van der Waals surface area contributed by atoms with E-state index in [0.717, 1.165) is 25.9 Å². The molecule has 0 radical (unpaired) electrons. The Balaban J connectivity index is 1.89. The van der Waals surface area contributed by atoms with Gasteiger partial charge >= 0.3 is 0 Å². The summed E-state index contributed by atoms with van der Waals surface area (Å²) in [6.07, 6.45) is 4.56. The van der Waals surface area contributed by atoms with Crippen LogP contribution < -0.4 is 5.32 Å². The number of nitro groups is 1. The lowest BCUT2D eigenvalue weighted by Gasteiger charge is -2.14. The van der Waals surface area contributed by atoms with Gasteiger partial charge in [0.2, 0.25) is 11.8 Å². The number of hydrogen-bond donors (Lipinski definition) is 1. The Kier molecular flexibility index (Phi) is 5.24. The zero-order valence-electron chi connectivity index (χ0n) is 12.0. The fraction of sp³-hybridized carbons (Fsp3) is 0.333. The molecular weight excluding hydrogens is 286 g/mol. The van der Waals surface area contributed by atoms with Gasteiger partial charge in [-0.1, -0.05) is 12.1 Å². The first kappa shape index (κ1) is 15.7. The van der Waals surface area contributed by atoms with E-state index in [1.165, 1.54) is 18.2 Å². The Morgan fingerprint density at radius 2 is 1.95 bits per heavy atom. The molecule has 0 aromatic heterocycles. The maximum absolute atomic E-state index is 11.8. The molecule has 7 heteroatoms. The van der Waals surface area contributed by atoms with E-state index < -0.39 is 10.8 Å². The summed E-state index contributed by atoms with van der Waals surface area (Å²) in [5.74, 6) is -0.560. The first-order valence-electron chi connectivity index (χ1n) is 7.05. The highest BCUT2D eigenvalue weighted by Gasteiger charge is 2.17. The largest absolute Gasteiger partial charge is 0.343 e. The van der Waals surface area contributed by atoms with Crippen molar-refractivity contribution in [3.8, 4) is 0 Å². The van der Waals surface area contributed by atoms with Gasteiger partial charge < -0.3 is 10.2 Å². The van der Waals surface area contributed by atoms with Gasteiger partial charge in [0.25, 0.3) is 5.69 Å². The van der Waals surface area contributed by atoms with Crippen molar-refractivity contribution in [2.75, 3.05) is 19.6 Å². The molecule has 0 spiro atoms. The van der Waals surface area contributed by atoms with Crippen LogP contribution in [-0.4, -0.2) is 41.3 Å². The minimum atomic E-state index is -0.505. The second kappa shape index (κ2) is 7.35. The first-order valence-corrected chi connectivity index (χ1v) is 7.05. The third-order valence-electron chi connectivity index (χ3n) is 3.42. The molecule has 1 aromatic carbocycles. The average Bonchev–Trinajstić information content (AvgIpc) is 3.05. The van der Waals surface area contributed by atoms with Gasteiger partial charge in [-0.25, -0.2) is 0 Å². The SMILES string of the molecule is O=C(/C=C/c1ccccc1[N+](=O)[O-])NCC(=O)N1CCCC1. The van der Waals surface area contributed by atoms with Crippen molar-refractivity contribution in [2.24, 2.45) is 0 Å². The summed E-state index contributed by atoms with van der Waals surface area (Å²) >= 11 is 0. The van der Waals surface area contributed by atoms with E-state index in [9.17, 15) is 19.7 Å². The van der Waals surface area contributed by atoms with Gasteiger partial charge in [0.1, 0.15) is 0 Å². The number of amides is 2. The molecule has 22 heavy (non-hydrogen) atoms. The first-order chi connectivity index (χ1) is 10.6. The standard InChI is InChI=1S/C15H17N3O4/c19-14(16-11-15(20)17-9-3-4-10-17)8-7-12-5-1-2-6-13(12)18(21)22/h1-2,5-8H,3-4,9-11H2,(H,16,19)/b8-7+. The third-order valence-corrected chi connectivity index (χ3v) is 3.42. The zero-order chi connectivity index (χ0) is 15.9. The lowest BCUT2D eigenvalue weighted by atomic mass is 10.1. The molecule has 0 aliphatic carbocycles. The third kappa shape index (κ3) is 4.15. The van der Waals surface area contributed by atoms with Crippen molar-refractivity contribution in [1.29, 1.82) is 0 Å². The van der Waals surface area contributed by atoms with E-state index in [1.807, 2.05) is 0 Å². The van der Waals surface area contributed by atoms with Crippen LogP contribution >= 0.6 is 0 Å². The number of nitrogens with one attached hydrogen (secondary N) is 1. The van der Waals surface area contributed by atoms with Gasteiger partial charge in [-0.2, -0.15) is 0 Å². The lowest BCUT2D eigenvalue weighted by Crippen LogP contribution is -2.38. The van der Waals surface area contributed by atoms with Crippen LogP contribution in [0.3, 0.4) is 0 Å². The number of nitro benzene ring substituents is 1. The Hall–Kier alpha value is -2.70. The van der Waals surface area contributed by atoms with Gasteiger partial charge in [-0.3, -0.25) is 19.7 Å². The van der Waals surface area contributed by atoms with Crippen LogP contribution in [0, 0.1) is 10.1 Å². The number of nitrogens with zero attached hydrogens (tertiary/aromatic N) is 2. The smallest absolute Gasteiger partial charge is 0.276 e. The Labute approximate surface area is 127 Å². The van der Waals surface area contributed by atoms with Crippen molar-refractivity contribution >= 4 is 23.6 Å². The fourth-order valence-corrected chi connectivity index (χ4v) is 2.26. The van der Waals surface area contributed by atoms with Gasteiger partial charge in [-0.15, -0.1) is 0 Å². The summed E-state index contributed by atoms with van der Waals surface area (Å²) in [5.41, 5.74) is 0.271. The summed E-state index contributed by atoms with van der Waals surface area (Å²) in [6.45, 7) is 1.42. The molecule has 2 amide bonds. The van der Waals surface area contributed by atoms with Crippen LogP contribution in [0.1, 0.15) is 18.4 Å². The maximum atomic E-state index is 11.8. The van der Waals surface area contributed by atoms with Crippen molar-refractivity contribution in [2.45, 2.75) is 12.8 Å². The molecule has 1 aliphatic heterocycles. The highest BCUT2D eigenvalue weighted by Crippen LogP contribution is 2.18. The second-order valence-corrected chi connectivity index (χ2v) is 4.95. The number of likely N-dealkylation sites (tertiary alicyclic amines) is 1. The molecule has 1 saturated heterocycles. The summed E-state index contributed by atoms with van der Waals surface area (Å²) in [7, 11) is 0. The van der Waals surface area contributed by atoms with E-state index in [2.05, 4.69) is 5.32 Å². The molecule has 0 bridgehead atoms. The van der Waals surface area contributed by atoms with Crippen molar-refractivity contribution < 1.29 is 14.5 Å². The molecule has 2 rings (SSSR count). The summed E-state index contributed by atoms with van der Waals surface area (Å²) in [4.78, 5) is 35.5. The number of para-hydroxylation sites is 1. The normalized spacial score (nSPS) is 14.3. The molecule has 1 aromatic rings. The Morgan fingerprint density at radius 3 is 2.64 bits per heavy atom. The number of rotatable bonds is 5. The quantitative estimate of drug-likeness (QED) is 0.505. The van der Waals surface area contributed by atoms with Crippen LogP contribution in [-0.2, 0) is 9.59 Å². The molecular formula is C15H17N3O4. The molecule has 0 atom stereocenters. The second-order valence-electron chi connectivity index (χ2n) is 4.95. The van der Waals surface area contributed by atoms with E-state index in [4.69, 9.17) is 0 Å². The molecule has 0 saturated carbocycles. The highest BCUT2D eigenvalue weighted by molar-refractivity contribution is 5.94. The van der Waals surface area contributed by atoms with Gasteiger partial charge in [0.05, 0.1) is 17.0 Å². The van der Waals surface area contributed by atoms with E-state index in [0.29, 0.717) is 5.56 Å². The topological polar surface area (TPSA) is 92.5 Å². The maximum Gasteiger partial charge on any atom is 0.276 e. The predicted octanol–water partition coefficient (Wildman–Crippen LogP) is 1.35. The molecule has 1 heterocycles. The predicted molar refractivity (Wildman–Crippen MR) is 81.0 cm³/mol. The molecule has 116 valence electrons. The lowest BCUT2D eigenvalue weighted by molar-refractivity contribution is -0.385. The average molecular weight is 303 g/mol. The van der Waals surface area contributed by atoms with Crippen LogP contribution in [0.2, 0.25) is 0 Å². The molecule has 0 unspecified atom stereocenters. The number of hydrogen-bond acceptors (Lipinski definition) is 4.